The van der Waals surface area contributed by atoms with E-state index >= 15 is 0 Å². The van der Waals surface area contributed by atoms with Gasteiger partial charge in [-0.05, 0) is 61.8 Å². The van der Waals surface area contributed by atoms with Crippen molar-refractivity contribution >= 4 is 29.3 Å². The summed E-state index contributed by atoms with van der Waals surface area (Å²) < 4.78 is 0. The Labute approximate surface area is 143 Å². The van der Waals surface area contributed by atoms with Crippen LogP contribution in [0.1, 0.15) is 53.2 Å². The van der Waals surface area contributed by atoms with Crippen molar-refractivity contribution in [1.29, 1.82) is 0 Å². The predicted molar refractivity (Wildman–Crippen MR) is 90.4 cm³/mol. The molecule has 23 heavy (non-hydrogen) atoms. The first kappa shape index (κ1) is 16.3. The maximum absolute atomic E-state index is 11.1. The molecule has 1 fully saturated rings. The second kappa shape index (κ2) is 6.93. The molecule has 0 aliphatic heterocycles. The van der Waals surface area contributed by atoms with E-state index < -0.39 is 5.97 Å². The molecule has 0 spiro atoms. The average molecular weight is 352 g/mol. The summed E-state index contributed by atoms with van der Waals surface area (Å²) >= 11 is 7.65. The fourth-order valence-electron chi connectivity index (χ4n) is 3.14. The summed E-state index contributed by atoms with van der Waals surface area (Å²) in [6.07, 6.45) is 4.23. The van der Waals surface area contributed by atoms with Crippen LogP contribution < -0.4 is 0 Å². The Morgan fingerprint density at radius 1 is 1.30 bits per heavy atom. The monoisotopic (exact) mass is 351 g/mol. The van der Waals surface area contributed by atoms with Crippen LogP contribution in [-0.2, 0) is 0 Å². The average Bonchev–Trinajstić information content (AvgIpc) is 2.99. The lowest BCUT2D eigenvalue weighted by molar-refractivity contribution is 0.0686. The van der Waals surface area contributed by atoms with Gasteiger partial charge in [-0.1, -0.05) is 29.4 Å². The summed E-state index contributed by atoms with van der Waals surface area (Å²) in [5.41, 5.74) is 2.64. The predicted octanol–water partition coefficient (Wildman–Crippen LogP) is 4.28. The summed E-state index contributed by atoms with van der Waals surface area (Å²) in [6, 6.07) is 6.09. The highest BCUT2D eigenvalue weighted by molar-refractivity contribution is 7.99. The van der Waals surface area contributed by atoms with Crippen LogP contribution in [0.5, 0.6) is 0 Å². The number of aromatic nitrogens is 3. The van der Waals surface area contributed by atoms with Crippen LogP contribution in [0.25, 0.3) is 0 Å². The molecule has 0 saturated heterocycles. The summed E-state index contributed by atoms with van der Waals surface area (Å²) in [5, 5.41) is 20.8. The minimum atomic E-state index is -1.04. The molecule has 1 aliphatic rings. The first-order chi connectivity index (χ1) is 11.0. The van der Waals surface area contributed by atoms with Gasteiger partial charge >= 0.3 is 5.97 Å². The van der Waals surface area contributed by atoms with E-state index in [9.17, 15) is 4.79 Å². The number of H-pyrrole nitrogens is 1. The molecule has 1 aliphatic carbocycles. The molecule has 1 aromatic carbocycles. The number of nitrogens with zero attached hydrogens (tertiary/aromatic N) is 2. The largest absolute Gasteiger partial charge is 0.476 e. The fraction of sp³-hybridized carbons (Fsp3) is 0.438. The minimum Gasteiger partial charge on any atom is -0.476 e. The molecule has 5 nitrogen and oxygen atoms in total. The Balaban J connectivity index is 1.63. The number of thioether (sulfide) groups is 1. The van der Waals surface area contributed by atoms with E-state index in [4.69, 9.17) is 16.7 Å². The van der Waals surface area contributed by atoms with Crippen LogP contribution >= 0.6 is 23.4 Å². The highest BCUT2D eigenvalue weighted by atomic mass is 35.5. The molecule has 2 aromatic rings. The number of hydrogen-bond donors (Lipinski definition) is 2. The molecular formula is C16H18ClN3O2S. The summed E-state index contributed by atoms with van der Waals surface area (Å²) in [5.74, 6) is -0.508. The Morgan fingerprint density at radius 3 is 2.74 bits per heavy atom. The van der Waals surface area contributed by atoms with E-state index in [-0.39, 0.29) is 5.69 Å². The van der Waals surface area contributed by atoms with Gasteiger partial charge in [0.05, 0.1) is 0 Å². The summed E-state index contributed by atoms with van der Waals surface area (Å²) in [7, 11) is 0. The minimum absolute atomic E-state index is 0.0165. The number of halogens is 1. The number of aryl methyl sites for hydroxylation is 1. The molecule has 0 amide bonds. The molecule has 0 radical (unpaired) electrons. The van der Waals surface area contributed by atoms with E-state index in [1.165, 1.54) is 22.9 Å². The molecule has 0 bridgehead atoms. The van der Waals surface area contributed by atoms with Crippen LogP contribution in [0, 0.1) is 6.92 Å². The molecule has 2 N–H and O–H groups in total. The van der Waals surface area contributed by atoms with Crippen molar-refractivity contribution in [2.45, 2.75) is 48.8 Å². The second-order valence-corrected chi connectivity index (χ2v) is 7.60. The van der Waals surface area contributed by atoms with E-state index in [1.807, 2.05) is 6.07 Å². The Bertz CT molecular complexity index is 711. The van der Waals surface area contributed by atoms with Crippen molar-refractivity contribution in [3.63, 3.8) is 0 Å². The van der Waals surface area contributed by atoms with Gasteiger partial charge in [-0.25, -0.2) is 4.79 Å². The van der Waals surface area contributed by atoms with Crippen molar-refractivity contribution < 1.29 is 9.90 Å². The van der Waals surface area contributed by atoms with E-state index in [2.05, 4.69) is 34.5 Å². The molecule has 1 heterocycles. The third-order valence-electron chi connectivity index (χ3n) is 4.35. The van der Waals surface area contributed by atoms with E-state index in [0.717, 1.165) is 30.7 Å². The SMILES string of the molecule is Cc1ccc(Cl)cc1C1CCC(Sc2n[nH]nc2C(=O)O)CC1. The normalized spacial score (nSPS) is 21.3. The van der Waals surface area contributed by atoms with Crippen molar-refractivity contribution in [3.8, 4) is 0 Å². The molecule has 7 heteroatoms. The van der Waals surface area contributed by atoms with Crippen molar-refractivity contribution in [3.05, 3.63) is 40.0 Å². The smallest absolute Gasteiger partial charge is 0.359 e. The zero-order valence-electron chi connectivity index (χ0n) is 12.8. The van der Waals surface area contributed by atoms with Gasteiger partial charge in [-0.3, -0.25) is 0 Å². The molecule has 3 rings (SSSR count). The highest BCUT2D eigenvalue weighted by Gasteiger charge is 2.26. The summed E-state index contributed by atoms with van der Waals surface area (Å²) in [6.45, 7) is 2.13. The van der Waals surface area contributed by atoms with Crippen molar-refractivity contribution in [2.24, 2.45) is 0 Å². The first-order valence-electron chi connectivity index (χ1n) is 7.61. The van der Waals surface area contributed by atoms with Gasteiger partial charge in [0, 0.05) is 10.3 Å². The zero-order valence-corrected chi connectivity index (χ0v) is 14.3. The van der Waals surface area contributed by atoms with Gasteiger partial charge in [0.2, 0.25) is 5.69 Å². The van der Waals surface area contributed by atoms with Crippen LogP contribution in [0.15, 0.2) is 23.2 Å². The van der Waals surface area contributed by atoms with Crippen LogP contribution in [-0.4, -0.2) is 31.7 Å². The maximum Gasteiger partial charge on any atom is 0.359 e. The van der Waals surface area contributed by atoms with Crippen molar-refractivity contribution in [2.75, 3.05) is 0 Å². The molecule has 1 aromatic heterocycles. The lowest BCUT2D eigenvalue weighted by atomic mass is 9.82. The maximum atomic E-state index is 11.1. The number of carboxylic acids is 1. The quantitative estimate of drug-likeness (QED) is 0.859. The molecule has 0 unspecified atom stereocenters. The Hall–Kier alpha value is -1.53. The molecular weight excluding hydrogens is 334 g/mol. The third-order valence-corrected chi connectivity index (χ3v) is 5.90. The van der Waals surface area contributed by atoms with E-state index in [0.29, 0.717) is 16.2 Å². The number of rotatable bonds is 4. The number of benzene rings is 1. The number of carboxylic acid groups (broad SMARTS) is 1. The summed E-state index contributed by atoms with van der Waals surface area (Å²) in [4.78, 5) is 11.1. The van der Waals surface area contributed by atoms with Crippen LogP contribution in [0.4, 0.5) is 0 Å². The van der Waals surface area contributed by atoms with Gasteiger partial charge in [0.25, 0.3) is 0 Å². The van der Waals surface area contributed by atoms with Gasteiger partial charge < -0.3 is 5.11 Å². The number of hydrogen-bond acceptors (Lipinski definition) is 4. The fourth-order valence-corrected chi connectivity index (χ4v) is 4.49. The number of aromatic amines is 1. The lowest BCUT2D eigenvalue weighted by Gasteiger charge is -2.29. The molecule has 122 valence electrons. The van der Waals surface area contributed by atoms with Gasteiger partial charge in [0.15, 0.2) is 5.03 Å². The number of aromatic carboxylic acids is 1. The van der Waals surface area contributed by atoms with Gasteiger partial charge in [0.1, 0.15) is 0 Å². The lowest BCUT2D eigenvalue weighted by Crippen LogP contribution is -2.16. The first-order valence-corrected chi connectivity index (χ1v) is 8.87. The Morgan fingerprint density at radius 2 is 2.04 bits per heavy atom. The molecule has 0 atom stereocenters. The van der Waals surface area contributed by atoms with Gasteiger partial charge in [-0.2, -0.15) is 5.21 Å². The van der Waals surface area contributed by atoms with Gasteiger partial charge in [-0.15, -0.1) is 10.2 Å². The number of carbonyl (C=O) groups is 1. The van der Waals surface area contributed by atoms with Crippen LogP contribution in [0.3, 0.4) is 0 Å². The Kier molecular flexibility index (Phi) is 4.92. The van der Waals surface area contributed by atoms with E-state index in [1.54, 1.807) is 0 Å². The molecule has 1 saturated carbocycles. The highest BCUT2D eigenvalue weighted by Crippen LogP contribution is 2.41. The number of nitrogens with one attached hydrogen (secondary N) is 1. The van der Waals surface area contributed by atoms with Crippen LogP contribution in [0.2, 0.25) is 5.02 Å². The zero-order chi connectivity index (χ0) is 16.4. The standard InChI is InChI=1S/C16H18ClN3O2S/c1-9-2-5-11(17)8-13(9)10-3-6-12(7-4-10)23-15-14(16(21)22)18-20-19-15/h2,5,8,10,12H,3-4,6-7H2,1H3,(H,21,22)(H,18,19,20). The third kappa shape index (κ3) is 3.70. The topological polar surface area (TPSA) is 78.9 Å². The van der Waals surface area contributed by atoms with Crippen molar-refractivity contribution in [1.82, 2.24) is 15.4 Å². The second-order valence-electron chi connectivity index (χ2n) is 5.87.